The molecule has 1 amide bonds. The smallest absolute Gasteiger partial charge is 0.220 e. The van der Waals surface area contributed by atoms with Crippen molar-refractivity contribution in [3.63, 3.8) is 0 Å². The van der Waals surface area contributed by atoms with Gasteiger partial charge >= 0.3 is 0 Å². The third-order valence-corrected chi connectivity index (χ3v) is 9.99. The van der Waals surface area contributed by atoms with Crippen molar-refractivity contribution >= 4 is 40.0 Å². The van der Waals surface area contributed by atoms with Crippen molar-refractivity contribution in [3.8, 4) is 39.5 Å². The second-order valence-electron chi connectivity index (χ2n) is 12.4. The first-order valence-corrected chi connectivity index (χ1v) is 17.0. The van der Waals surface area contributed by atoms with Crippen LogP contribution in [0.15, 0.2) is 67.0 Å². The van der Waals surface area contributed by atoms with E-state index in [0.29, 0.717) is 52.9 Å². The summed E-state index contributed by atoms with van der Waals surface area (Å²) in [5.74, 6) is 0.624. The van der Waals surface area contributed by atoms with Crippen molar-refractivity contribution in [1.82, 2.24) is 30.5 Å². The van der Waals surface area contributed by atoms with Gasteiger partial charge in [0.1, 0.15) is 0 Å². The number of aryl methyl sites for hydroxylation is 1. The van der Waals surface area contributed by atoms with Crippen LogP contribution in [0.3, 0.4) is 0 Å². The summed E-state index contributed by atoms with van der Waals surface area (Å²) in [5, 5.41) is 12.2. The number of methoxy groups -OCH3 is 1. The lowest BCUT2D eigenvalue weighted by Crippen LogP contribution is -2.36. The molecule has 0 aliphatic carbocycles. The van der Waals surface area contributed by atoms with Gasteiger partial charge in [-0.05, 0) is 36.6 Å². The van der Waals surface area contributed by atoms with Gasteiger partial charge in [0.05, 0.1) is 34.6 Å². The normalized spacial score (nSPS) is 17.5. The summed E-state index contributed by atoms with van der Waals surface area (Å²) < 4.78 is 13.3. The maximum absolute atomic E-state index is 11.5. The predicted octanol–water partition coefficient (Wildman–Crippen LogP) is 6.53. The van der Waals surface area contributed by atoms with E-state index < -0.39 is 0 Å². The zero-order valence-corrected chi connectivity index (χ0v) is 28.5. The molecule has 9 nitrogen and oxygen atoms in total. The Labute approximate surface area is 290 Å². The van der Waals surface area contributed by atoms with Gasteiger partial charge in [-0.15, -0.1) is 0 Å². The number of fused-ring (bicyclic) bond motifs is 1. The van der Waals surface area contributed by atoms with Crippen LogP contribution in [-0.4, -0.2) is 59.4 Å². The van der Waals surface area contributed by atoms with Crippen LogP contribution in [0.4, 0.5) is 0 Å². The minimum atomic E-state index is 0.107. The molecule has 0 bridgehead atoms. The van der Waals surface area contributed by atoms with Crippen molar-refractivity contribution in [2.24, 2.45) is 7.05 Å². The number of nitrogens with zero attached hydrogens (tertiary/aromatic N) is 3. The van der Waals surface area contributed by atoms with Crippen LogP contribution in [0.1, 0.15) is 30.4 Å². The minimum Gasteiger partial charge on any atom is -0.481 e. The average molecular weight is 686 g/mol. The van der Waals surface area contributed by atoms with E-state index in [1.54, 1.807) is 13.3 Å². The van der Waals surface area contributed by atoms with E-state index in [0.717, 1.165) is 65.9 Å². The van der Waals surface area contributed by atoms with Gasteiger partial charge in [0.2, 0.25) is 11.8 Å². The van der Waals surface area contributed by atoms with Crippen molar-refractivity contribution in [2.45, 2.75) is 44.5 Å². The van der Waals surface area contributed by atoms with E-state index in [2.05, 4.69) is 52.0 Å². The number of carbonyl (C=O) groups is 1. The SMILES string of the molecule is COc1nc(-c2cccc(-c3ccnc(-c4ccc5c(CNC[C@@H]6CCO6)cn(C)c5c4)c3Cl)c2Cl)ccc1CNC[C@H]1CCC(=O)N1. The summed E-state index contributed by atoms with van der Waals surface area (Å²) >= 11 is 14.2. The fourth-order valence-corrected chi connectivity index (χ4v) is 7.15. The molecule has 3 N–H and O–H groups in total. The molecule has 2 aliphatic heterocycles. The summed E-state index contributed by atoms with van der Waals surface area (Å²) in [7, 11) is 3.67. The maximum atomic E-state index is 11.5. The second kappa shape index (κ2) is 14.2. The largest absolute Gasteiger partial charge is 0.481 e. The average Bonchev–Trinajstić information content (AvgIpc) is 3.64. The Balaban J connectivity index is 1.12. The van der Waals surface area contributed by atoms with Gasteiger partial charge in [0.25, 0.3) is 0 Å². The van der Waals surface area contributed by atoms with Crippen LogP contribution in [-0.2, 0) is 29.7 Å². The number of hydrogen-bond donors (Lipinski definition) is 3. The standard InChI is InChI=1S/C37H38Cl2N6O3/c1-45-21-24(18-41-20-26-13-15-48-26)27-9-6-22(16-32(27)45)36-35(39)29(12-14-42-36)28-4-3-5-30(34(28)38)31-10-7-23(37(44-31)47-2)17-40-19-25-8-11-33(46)43-25/h3-7,9-10,12,14,16,21,25-26,40-41H,8,11,13,15,17-20H2,1-2H3,(H,43,46)/t25-,26+/m1/s1. The molecule has 2 saturated heterocycles. The highest BCUT2D eigenvalue weighted by molar-refractivity contribution is 6.39. The van der Waals surface area contributed by atoms with E-state index in [1.165, 1.54) is 10.9 Å². The topological polar surface area (TPSA) is 102 Å². The van der Waals surface area contributed by atoms with Crippen LogP contribution in [0.2, 0.25) is 10.0 Å². The highest BCUT2D eigenvalue weighted by atomic mass is 35.5. The first-order valence-electron chi connectivity index (χ1n) is 16.3. The van der Waals surface area contributed by atoms with Crippen LogP contribution in [0.5, 0.6) is 5.88 Å². The number of rotatable bonds is 12. The first kappa shape index (κ1) is 32.6. The lowest BCUT2D eigenvalue weighted by Gasteiger charge is -2.26. The molecule has 5 heterocycles. The Morgan fingerprint density at radius 2 is 1.77 bits per heavy atom. The second-order valence-corrected chi connectivity index (χ2v) is 13.2. The van der Waals surface area contributed by atoms with Crippen LogP contribution in [0.25, 0.3) is 44.5 Å². The third kappa shape index (κ3) is 6.66. The summed E-state index contributed by atoms with van der Waals surface area (Å²) in [6, 6.07) is 18.2. The zero-order chi connectivity index (χ0) is 33.2. The molecule has 11 heteroatoms. The summed E-state index contributed by atoms with van der Waals surface area (Å²) in [5.41, 5.74) is 7.92. The van der Waals surface area contributed by atoms with E-state index >= 15 is 0 Å². The number of halogens is 2. The monoisotopic (exact) mass is 684 g/mol. The third-order valence-electron chi connectivity index (χ3n) is 9.21. The number of amides is 1. The molecule has 0 saturated carbocycles. The molecule has 0 radical (unpaired) electrons. The maximum Gasteiger partial charge on any atom is 0.220 e. The molecule has 3 aromatic heterocycles. The first-order chi connectivity index (χ1) is 23.4. The Morgan fingerprint density at radius 1 is 0.979 bits per heavy atom. The molecule has 48 heavy (non-hydrogen) atoms. The van der Waals surface area contributed by atoms with Gasteiger partial charge in [-0.2, -0.15) is 0 Å². The molecule has 7 rings (SSSR count). The number of pyridine rings is 2. The fraction of sp³-hybridized carbons (Fsp3) is 0.324. The Morgan fingerprint density at radius 3 is 2.54 bits per heavy atom. The van der Waals surface area contributed by atoms with Crippen molar-refractivity contribution in [3.05, 3.63) is 88.2 Å². The van der Waals surface area contributed by atoms with E-state index in [1.807, 2.05) is 36.4 Å². The predicted molar refractivity (Wildman–Crippen MR) is 190 cm³/mol. The summed E-state index contributed by atoms with van der Waals surface area (Å²) in [6.07, 6.45) is 6.81. The number of carbonyl (C=O) groups excluding carboxylic acids is 1. The van der Waals surface area contributed by atoms with Crippen molar-refractivity contribution < 1.29 is 14.3 Å². The molecule has 248 valence electrons. The number of benzene rings is 2. The molecule has 2 aliphatic rings. The van der Waals surface area contributed by atoms with Gasteiger partial charge in [0.15, 0.2) is 0 Å². The number of aromatic nitrogens is 3. The minimum absolute atomic E-state index is 0.107. The molecular formula is C37H38Cl2N6O3. The lowest BCUT2D eigenvalue weighted by molar-refractivity contribution is -0.119. The van der Waals surface area contributed by atoms with E-state index in [9.17, 15) is 4.79 Å². The van der Waals surface area contributed by atoms with Crippen molar-refractivity contribution in [1.29, 1.82) is 0 Å². The Bertz CT molecular complexity index is 1970. The molecule has 5 aromatic rings. The summed E-state index contributed by atoms with van der Waals surface area (Å²) in [6.45, 7) is 3.76. The van der Waals surface area contributed by atoms with Crippen LogP contribution < -0.4 is 20.7 Å². The van der Waals surface area contributed by atoms with Gasteiger partial charge in [0, 0.05) is 103 Å². The van der Waals surface area contributed by atoms with E-state index in [4.69, 9.17) is 42.6 Å². The number of ether oxygens (including phenoxy) is 2. The Kier molecular flexibility index (Phi) is 9.66. The highest BCUT2D eigenvalue weighted by Gasteiger charge is 2.22. The van der Waals surface area contributed by atoms with Gasteiger partial charge < -0.3 is 30.0 Å². The summed E-state index contributed by atoms with van der Waals surface area (Å²) in [4.78, 5) is 21.0. The number of hydrogen-bond acceptors (Lipinski definition) is 7. The molecule has 0 spiro atoms. The molecule has 0 unspecified atom stereocenters. The van der Waals surface area contributed by atoms with Gasteiger partial charge in [-0.25, -0.2) is 4.98 Å². The molecular weight excluding hydrogens is 647 g/mol. The van der Waals surface area contributed by atoms with E-state index in [-0.39, 0.29) is 11.9 Å². The van der Waals surface area contributed by atoms with Gasteiger partial charge in [-0.3, -0.25) is 9.78 Å². The molecule has 2 aromatic carbocycles. The quantitative estimate of drug-likeness (QED) is 0.137. The molecule has 2 fully saturated rings. The zero-order valence-electron chi connectivity index (χ0n) is 27.0. The fourth-order valence-electron chi connectivity index (χ4n) is 6.50. The van der Waals surface area contributed by atoms with Gasteiger partial charge in [-0.1, -0.05) is 59.6 Å². The van der Waals surface area contributed by atoms with Crippen LogP contribution in [0, 0.1) is 0 Å². The van der Waals surface area contributed by atoms with Crippen molar-refractivity contribution in [2.75, 3.05) is 26.8 Å². The lowest BCUT2D eigenvalue weighted by atomic mass is 9.99. The number of nitrogens with one attached hydrogen (secondary N) is 3. The van der Waals surface area contributed by atoms with Crippen LogP contribution >= 0.6 is 23.2 Å². The Hall–Kier alpha value is -3.99. The highest BCUT2D eigenvalue weighted by Crippen LogP contribution is 2.42. The molecule has 2 atom stereocenters.